The molecule has 5 heteroatoms. The number of carbonyl (C=O) groups excluding carboxylic acids is 1. The van der Waals surface area contributed by atoms with Crippen molar-refractivity contribution in [2.45, 2.75) is 49.8 Å². The number of nitrogens with one attached hydrogen (secondary N) is 1. The minimum Gasteiger partial charge on any atom is -0.480 e. The van der Waals surface area contributed by atoms with Crippen molar-refractivity contribution in [1.82, 2.24) is 5.32 Å². The van der Waals surface area contributed by atoms with Crippen LogP contribution >= 0.6 is 11.8 Å². The zero-order valence-corrected chi connectivity index (χ0v) is 13.9. The van der Waals surface area contributed by atoms with Crippen LogP contribution in [-0.4, -0.2) is 34.5 Å². The highest BCUT2D eigenvalue weighted by Gasteiger charge is 2.28. The van der Waals surface area contributed by atoms with Gasteiger partial charge in [-0.15, -0.1) is 0 Å². The fourth-order valence-corrected chi connectivity index (χ4v) is 3.28. The second-order valence-electron chi connectivity index (χ2n) is 5.80. The summed E-state index contributed by atoms with van der Waals surface area (Å²) in [6, 6.07) is 7.41. The highest BCUT2D eigenvalue weighted by molar-refractivity contribution is 7.99. The summed E-state index contributed by atoms with van der Waals surface area (Å²) >= 11 is 1.42. The molecule has 0 heterocycles. The molecule has 0 aliphatic heterocycles. The van der Waals surface area contributed by atoms with Crippen LogP contribution in [0, 0.1) is 0 Å². The van der Waals surface area contributed by atoms with Gasteiger partial charge >= 0.3 is 5.97 Å². The van der Waals surface area contributed by atoms with E-state index in [2.05, 4.69) is 17.4 Å². The van der Waals surface area contributed by atoms with Gasteiger partial charge in [0.25, 0.3) is 0 Å². The molecular weight excluding hydrogens is 298 g/mol. The van der Waals surface area contributed by atoms with Crippen LogP contribution in [0.15, 0.2) is 24.3 Å². The lowest BCUT2D eigenvalue weighted by Crippen LogP contribution is -2.45. The Morgan fingerprint density at radius 1 is 1.41 bits per heavy atom. The number of aryl methyl sites for hydroxylation is 1. The summed E-state index contributed by atoms with van der Waals surface area (Å²) in [4.78, 5) is 23.5. The highest BCUT2D eigenvalue weighted by atomic mass is 32.2. The molecule has 0 saturated carbocycles. The molecule has 0 radical (unpaired) electrons. The molecule has 0 spiro atoms. The quantitative estimate of drug-likeness (QED) is 0.845. The molecule has 0 saturated heterocycles. The summed E-state index contributed by atoms with van der Waals surface area (Å²) in [5.74, 6) is -0.954. The lowest BCUT2D eigenvalue weighted by atomic mass is 9.79. The molecule has 1 aromatic carbocycles. The predicted molar refractivity (Wildman–Crippen MR) is 89.3 cm³/mol. The van der Waals surface area contributed by atoms with E-state index >= 15 is 0 Å². The largest absolute Gasteiger partial charge is 0.480 e. The molecule has 2 N–H and O–H groups in total. The molecule has 1 aromatic rings. The minimum atomic E-state index is -0.954. The van der Waals surface area contributed by atoms with Gasteiger partial charge in [-0.2, -0.15) is 11.8 Å². The topological polar surface area (TPSA) is 66.4 Å². The van der Waals surface area contributed by atoms with Crippen molar-refractivity contribution in [2.24, 2.45) is 0 Å². The fourth-order valence-electron chi connectivity index (χ4n) is 3.00. The maximum atomic E-state index is 12.0. The first-order chi connectivity index (χ1) is 10.5. The number of aliphatic carboxylic acids is 1. The van der Waals surface area contributed by atoms with Crippen molar-refractivity contribution in [3.8, 4) is 0 Å². The van der Waals surface area contributed by atoms with Crippen molar-refractivity contribution in [2.75, 3.05) is 6.26 Å². The van der Waals surface area contributed by atoms with E-state index in [9.17, 15) is 14.7 Å². The molecule has 0 fully saturated rings. The predicted octanol–water partition coefficient (Wildman–Crippen LogP) is 2.82. The van der Waals surface area contributed by atoms with Gasteiger partial charge in [0.05, 0.1) is 5.25 Å². The van der Waals surface area contributed by atoms with E-state index in [0.717, 1.165) is 19.3 Å². The van der Waals surface area contributed by atoms with Crippen LogP contribution in [0.2, 0.25) is 0 Å². The Balaban J connectivity index is 2.09. The number of amides is 1. The third kappa shape index (κ3) is 4.03. The van der Waals surface area contributed by atoms with E-state index in [1.165, 1.54) is 22.9 Å². The number of hydrogen-bond acceptors (Lipinski definition) is 3. The number of benzene rings is 1. The zero-order valence-electron chi connectivity index (χ0n) is 13.0. The molecule has 0 bridgehead atoms. The van der Waals surface area contributed by atoms with Crippen molar-refractivity contribution >= 4 is 23.6 Å². The van der Waals surface area contributed by atoms with Crippen molar-refractivity contribution in [3.63, 3.8) is 0 Å². The molecule has 1 aliphatic rings. The molecule has 2 rings (SSSR count). The maximum Gasteiger partial charge on any atom is 0.326 e. The molecule has 3 atom stereocenters. The van der Waals surface area contributed by atoms with E-state index in [1.807, 2.05) is 18.4 Å². The van der Waals surface area contributed by atoms with Gasteiger partial charge in [-0.05, 0) is 55.9 Å². The molecule has 1 aliphatic carbocycles. The van der Waals surface area contributed by atoms with E-state index in [-0.39, 0.29) is 17.1 Å². The Bertz CT molecular complexity index is 546. The molecule has 0 aromatic heterocycles. The standard InChI is InChI=1S/C17H23NO3S/c1-11(22-2)16(19)18-15(17(20)21)10-13-8-5-7-12-6-3-4-9-14(12)13/h3-4,6,9,11,13,15H,5,7-8,10H2,1-2H3,(H,18,19)(H,20,21). The maximum absolute atomic E-state index is 12.0. The summed E-state index contributed by atoms with van der Waals surface area (Å²) < 4.78 is 0. The summed E-state index contributed by atoms with van der Waals surface area (Å²) in [5, 5.41) is 11.9. The second kappa shape index (κ2) is 7.68. The van der Waals surface area contributed by atoms with E-state index in [1.54, 1.807) is 6.92 Å². The van der Waals surface area contributed by atoms with Crippen LogP contribution in [0.25, 0.3) is 0 Å². The Hall–Kier alpha value is -1.49. The normalized spacial score (nSPS) is 19.8. The summed E-state index contributed by atoms with van der Waals surface area (Å²) in [6.07, 6.45) is 5.41. The SMILES string of the molecule is CSC(C)C(=O)NC(CC1CCCc2ccccc21)C(=O)O. The van der Waals surface area contributed by atoms with Gasteiger partial charge in [0, 0.05) is 0 Å². The number of thioether (sulfide) groups is 1. The fraction of sp³-hybridized carbons (Fsp3) is 0.529. The van der Waals surface area contributed by atoms with E-state index < -0.39 is 12.0 Å². The number of carboxylic acids is 1. The average molecular weight is 321 g/mol. The second-order valence-corrected chi connectivity index (χ2v) is 6.98. The van der Waals surface area contributed by atoms with Crippen LogP contribution in [-0.2, 0) is 16.0 Å². The van der Waals surface area contributed by atoms with Crippen LogP contribution in [0.1, 0.15) is 43.2 Å². The smallest absolute Gasteiger partial charge is 0.326 e. The van der Waals surface area contributed by atoms with E-state index in [4.69, 9.17) is 0 Å². The summed E-state index contributed by atoms with van der Waals surface area (Å²) in [5.41, 5.74) is 2.55. The van der Waals surface area contributed by atoms with Crippen molar-refractivity contribution in [3.05, 3.63) is 35.4 Å². The lowest BCUT2D eigenvalue weighted by molar-refractivity contribution is -0.142. The van der Waals surface area contributed by atoms with Gasteiger partial charge in [-0.1, -0.05) is 24.3 Å². The van der Waals surface area contributed by atoms with Gasteiger partial charge in [0.2, 0.25) is 5.91 Å². The van der Waals surface area contributed by atoms with Gasteiger partial charge in [0.15, 0.2) is 0 Å². The van der Waals surface area contributed by atoms with Crippen LogP contribution in [0.3, 0.4) is 0 Å². The third-order valence-electron chi connectivity index (χ3n) is 4.35. The number of fused-ring (bicyclic) bond motifs is 1. The summed E-state index contributed by atoms with van der Waals surface area (Å²) in [6.45, 7) is 1.79. The van der Waals surface area contributed by atoms with Crippen LogP contribution in [0.5, 0.6) is 0 Å². The molecule has 3 unspecified atom stereocenters. The highest BCUT2D eigenvalue weighted by Crippen LogP contribution is 2.34. The first kappa shape index (κ1) is 16.9. The Morgan fingerprint density at radius 2 is 2.14 bits per heavy atom. The van der Waals surface area contributed by atoms with Crippen molar-refractivity contribution in [1.29, 1.82) is 0 Å². The van der Waals surface area contributed by atoms with Gasteiger partial charge < -0.3 is 10.4 Å². The first-order valence-corrected chi connectivity index (χ1v) is 8.95. The third-order valence-corrected chi connectivity index (χ3v) is 5.27. The number of hydrogen-bond donors (Lipinski definition) is 2. The molecular formula is C17H23NO3S. The summed E-state index contributed by atoms with van der Waals surface area (Å²) in [7, 11) is 0. The first-order valence-electron chi connectivity index (χ1n) is 7.66. The number of rotatable bonds is 6. The lowest BCUT2D eigenvalue weighted by Gasteiger charge is -2.28. The number of carboxylic acid groups (broad SMARTS) is 1. The monoisotopic (exact) mass is 321 g/mol. The molecule has 22 heavy (non-hydrogen) atoms. The Kier molecular flexibility index (Phi) is 5.89. The number of carbonyl (C=O) groups is 2. The zero-order chi connectivity index (χ0) is 16.1. The average Bonchev–Trinajstić information content (AvgIpc) is 2.53. The molecule has 1 amide bonds. The van der Waals surface area contributed by atoms with Crippen LogP contribution in [0.4, 0.5) is 0 Å². The van der Waals surface area contributed by atoms with Gasteiger partial charge in [-0.25, -0.2) is 4.79 Å². The Morgan fingerprint density at radius 3 is 2.82 bits per heavy atom. The molecule has 120 valence electrons. The molecule has 4 nitrogen and oxygen atoms in total. The van der Waals surface area contributed by atoms with Crippen LogP contribution < -0.4 is 5.32 Å². The van der Waals surface area contributed by atoms with Gasteiger partial charge in [-0.3, -0.25) is 4.79 Å². The van der Waals surface area contributed by atoms with E-state index in [0.29, 0.717) is 6.42 Å². The van der Waals surface area contributed by atoms with Gasteiger partial charge in [0.1, 0.15) is 6.04 Å². The van der Waals surface area contributed by atoms with Crippen molar-refractivity contribution < 1.29 is 14.7 Å². The minimum absolute atomic E-state index is 0.205. The Labute approximate surface area is 135 Å².